The van der Waals surface area contributed by atoms with Gasteiger partial charge in [-0.1, -0.05) is 18.2 Å². The highest BCUT2D eigenvalue weighted by Crippen LogP contribution is 2.11. The molecule has 0 saturated carbocycles. The van der Waals surface area contributed by atoms with Gasteiger partial charge in [-0.3, -0.25) is 9.59 Å². The zero-order valence-corrected chi connectivity index (χ0v) is 14.2. The zero-order chi connectivity index (χ0) is 18.1. The van der Waals surface area contributed by atoms with Crippen molar-refractivity contribution >= 4 is 23.3 Å². The minimum Gasteiger partial charge on any atom is -0.497 e. The molecule has 2 aromatic rings. The summed E-state index contributed by atoms with van der Waals surface area (Å²) in [5, 5.41) is 6.60. The number of ether oxygens (including phenoxy) is 1. The van der Waals surface area contributed by atoms with Gasteiger partial charge < -0.3 is 10.1 Å². The van der Waals surface area contributed by atoms with Crippen molar-refractivity contribution in [3.63, 3.8) is 0 Å². The lowest BCUT2D eigenvalue weighted by atomic mass is 10.1. The van der Waals surface area contributed by atoms with E-state index in [0.717, 1.165) is 11.3 Å². The highest BCUT2D eigenvalue weighted by molar-refractivity contribution is 6.05. The van der Waals surface area contributed by atoms with Crippen molar-refractivity contribution < 1.29 is 14.3 Å². The standard InChI is InChI=1S/C18H20N4O3/c1-13(11-17(23)20-16-5-3-4-10-19-16)21-22-18(24)12-14-6-8-15(25-2)9-7-14/h3-10H,11-12H2,1-2H3,(H,22,24)(H,19,20,23). The molecular weight excluding hydrogens is 320 g/mol. The van der Waals surface area contributed by atoms with Gasteiger partial charge in [0.05, 0.1) is 20.0 Å². The predicted molar refractivity (Wildman–Crippen MR) is 95.4 cm³/mol. The van der Waals surface area contributed by atoms with E-state index < -0.39 is 0 Å². The van der Waals surface area contributed by atoms with Crippen LogP contribution in [0.15, 0.2) is 53.8 Å². The van der Waals surface area contributed by atoms with Gasteiger partial charge in [-0.05, 0) is 36.8 Å². The van der Waals surface area contributed by atoms with Crippen LogP contribution in [0.4, 0.5) is 5.82 Å². The lowest BCUT2D eigenvalue weighted by Crippen LogP contribution is -2.23. The normalized spacial score (nSPS) is 10.9. The van der Waals surface area contributed by atoms with E-state index >= 15 is 0 Å². The van der Waals surface area contributed by atoms with Crippen LogP contribution in [0.25, 0.3) is 0 Å². The summed E-state index contributed by atoms with van der Waals surface area (Å²) >= 11 is 0. The Hall–Kier alpha value is -3.22. The Morgan fingerprint density at radius 1 is 1.12 bits per heavy atom. The van der Waals surface area contributed by atoms with E-state index in [1.807, 2.05) is 12.1 Å². The van der Waals surface area contributed by atoms with Crippen molar-refractivity contribution in [1.29, 1.82) is 0 Å². The SMILES string of the molecule is COc1ccc(CC(=O)NN=C(C)CC(=O)Nc2ccccn2)cc1. The number of anilines is 1. The second-order valence-electron chi connectivity index (χ2n) is 5.35. The van der Waals surface area contributed by atoms with Gasteiger partial charge in [0.1, 0.15) is 11.6 Å². The summed E-state index contributed by atoms with van der Waals surface area (Å²) < 4.78 is 5.07. The number of aromatic nitrogens is 1. The van der Waals surface area contributed by atoms with Gasteiger partial charge in [0.2, 0.25) is 11.8 Å². The summed E-state index contributed by atoms with van der Waals surface area (Å²) in [4.78, 5) is 27.8. The maximum absolute atomic E-state index is 11.9. The van der Waals surface area contributed by atoms with Crippen molar-refractivity contribution in [3.8, 4) is 5.75 Å². The fourth-order valence-electron chi connectivity index (χ4n) is 2.02. The molecule has 130 valence electrons. The van der Waals surface area contributed by atoms with Crippen molar-refractivity contribution in [2.75, 3.05) is 12.4 Å². The summed E-state index contributed by atoms with van der Waals surface area (Å²) in [7, 11) is 1.59. The fourth-order valence-corrected chi connectivity index (χ4v) is 2.02. The Labute approximate surface area is 146 Å². The molecule has 2 amide bonds. The number of nitrogens with zero attached hydrogens (tertiary/aromatic N) is 2. The molecule has 0 spiro atoms. The third-order valence-corrected chi connectivity index (χ3v) is 3.24. The van der Waals surface area contributed by atoms with Crippen LogP contribution in [0, 0.1) is 0 Å². The molecule has 0 atom stereocenters. The number of hydrogen-bond donors (Lipinski definition) is 2. The summed E-state index contributed by atoms with van der Waals surface area (Å²) in [6.45, 7) is 1.67. The minimum atomic E-state index is -0.255. The molecule has 1 aromatic heterocycles. The van der Waals surface area contributed by atoms with Crippen molar-refractivity contribution in [1.82, 2.24) is 10.4 Å². The molecule has 0 aliphatic heterocycles. The van der Waals surface area contributed by atoms with Crippen LogP contribution in [0.2, 0.25) is 0 Å². The molecule has 2 rings (SSSR count). The second kappa shape index (κ2) is 9.17. The Morgan fingerprint density at radius 2 is 1.88 bits per heavy atom. The summed E-state index contributed by atoms with van der Waals surface area (Å²) in [5.41, 5.74) is 3.79. The number of benzene rings is 1. The van der Waals surface area contributed by atoms with Crippen LogP contribution < -0.4 is 15.5 Å². The second-order valence-corrected chi connectivity index (χ2v) is 5.35. The quantitative estimate of drug-likeness (QED) is 0.597. The van der Waals surface area contributed by atoms with Crippen LogP contribution >= 0.6 is 0 Å². The van der Waals surface area contributed by atoms with Gasteiger partial charge in [0.25, 0.3) is 0 Å². The summed E-state index contributed by atoms with van der Waals surface area (Å²) in [5.74, 6) is 0.708. The Morgan fingerprint density at radius 3 is 2.52 bits per heavy atom. The predicted octanol–water partition coefficient (Wildman–Crippen LogP) is 2.15. The zero-order valence-electron chi connectivity index (χ0n) is 14.2. The highest BCUT2D eigenvalue weighted by atomic mass is 16.5. The number of methoxy groups -OCH3 is 1. The molecule has 25 heavy (non-hydrogen) atoms. The molecule has 0 aliphatic rings. The number of hydrazone groups is 1. The van der Waals surface area contributed by atoms with Crippen LogP contribution in [0.3, 0.4) is 0 Å². The van der Waals surface area contributed by atoms with Gasteiger partial charge in [-0.15, -0.1) is 0 Å². The molecule has 0 bridgehead atoms. The Balaban J connectivity index is 1.79. The third kappa shape index (κ3) is 6.42. The Kier molecular flexibility index (Phi) is 6.65. The molecule has 7 nitrogen and oxygen atoms in total. The summed E-state index contributed by atoms with van der Waals surface area (Å²) in [6.07, 6.45) is 1.86. The molecule has 0 unspecified atom stereocenters. The number of pyridine rings is 1. The van der Waals surface area contributed by atoms with Gasteiger partial charge in [0.15, 0.2) is 0 Å². The van der Waals surface area contributed by atoms with Crippen molar-refractivity contribution in [2.24, 2.45) is 5.10 Å². The lowest BCUT2D eigenvalue weighted by molar-refractivity contribution is -0.120. The molecule has 0 radical (unpaired) electrons. The van der Waals surface area contributed by atoms with E-state index in [4.69, 9.17) is 4.74 Å². The summed E-state index contributed by atoms with van der Waals surface area (Å²) in [6, 6.07) is 12.5. The van der Waals surface area contributed by atoms with Gasteiger partial charge in [-0.25, -0.2) is 10.4 Å². The van der Waals surface area contributed by atoms with Crippen LogP contribution in [0.1, 0.15) is 18.9 Å². The highest BCUT2D eigenvalue weighted by Gasteiger charge is 2.07. The molecule has 1 heterocycles. The number of rotatable bonds is 7. The first kappa shape index (κ1) is 18.1. The average Bonchev–Trinajstić information content (AvgIpc) is 2.61. The average molecular weight is 340 g/mol. The van der Waals surface area contributed by atoms with Crippen molar-refractivity contribution in [3.05, 3.63) is 54.2 Å². The maximum atomic E-state index is 11.9. The topological polar surface area (TPSA) is 92.7 Å². The number of amides is 2. The van der Waals surface area contributed by atoms with Gasteiger partial charge >= 0.3 is 0 Å². The molecule has 2 N–H and O–H groups in total. The van der Waals surface area contributed by atoms with Gasteiger partial charge in [0, 0.05) is 11.9 Å². The van der Waals surface area contributed by atoms with Gasteiger partial charge in [-0.2, -0.15) is 5.10 Å². The molecule has 1 aromatic carbocycles. The molecule has 7 heteroatoms. The van der Waals surface area contributed by atoms with E-state index in [2.05, 4.69) is 20.8 Å². The third-order valence-electron chi connectivity index (χ3n) is 3.24. The van der Waals surface area contributed by atoms with E-state index in [1.165, 1.54) is 0 Å². The van der Waals surface area contributed by atoms with E-state index in [-0.39, 0.29) is 24.7 Å². The number of nitrogens with one attached hydrogen (secondary N) is 2. The first-order valence-electron chi connectivity index (χ1n) is 7.72. The Bertz CT molecular complexity index is 743. The molecular formula is C18H20N4O3. The number of carbonyl (C=O) groups is 2. The monoisotopic (exact) mass is 340 g/mol. The van der Waals surface area contributed by atoms with E-state index in [1.54, 1.807) is 50.6 Å². The van der Waals surface area contributed by atoms with Crippen molar-refractivity contribution in [2.45, 2.75) is 19.8 Å². The fraction of sp³-hybridized carbons (Fsp3) is 0.222. The lowest BCUT2D eigenvalue weighted by Gasteiger charge is -2.05. The first-order valence-corrected chi connectivity index (χ1v) is 7.72. The molecule has 0 saturated heterocycles. The van der Waals surface area contributed by atoms with Crippen LogP contribution in [-0.4, -0.2) is 29.6 Å². The van der Waals surface area contributed by atoms with E-state index in [9.17, 15) is 9.59 Å². The first-order chi connectivity index (χ1) is 12.1. The van der Waals surface area contributed by atoms with Crippen LogP contribution in [-0.2, 0) is 16.0 Å². The largest absolute Gasteiger partial charge is 0.497 e. The van der Waals surface area contributed by atoms with Crippen LogP contribution in [0.5, 0.6) is 5.75 Å². The smallest absolute Gasteiger partial charge is 0.244 e. The number of carbonyl (C=O) groups excluding carboxylic acids is 2. The molecule has 0 fully saturated rings. The number of hydrogen-bond acceptors (Lipinski definition) is 5. The minimum absolute atomic E-state index is 0.0688. The molecule has 0 aliphatic carbocycles. The maximum Gasteiger partial charge on any atom is 0.244 e. The van der Waals surface area contributed by atoms with E-state index in [0.29, 0.717) is 11.5 Å².